The van der Waals surface area contributed by atoms with Crippen LogP contribution < -0.4 is 0 Å². The second-order valence-corrected chi connectivity index (χ2v) is 28.5. The van der Waals surface area contributed by atoms with Crippen LogP contribution in [0.5, 0.6) is 0 Å². The van der Waals surface area contributed by atoms with Crippen LogP contribution in [0.1, 0.15) is 150 Å². The molecule has 0 aromatic heterocycles. The Labute approximate surface area is 578 Å². The Bertz CT molecular complexity index is 2420. The van der Waals surface area contributed by atoms with E-state index < -0.39 is 172 Å². The summed E-state index contributed by atoms with van der Waals surface area (Å²) in [7, 11) is -8.99. The highest BCUT2D eigenvalue weighted by Crippen LogP contribution is 2.44. The number of rotatable bonds is 55. The lowest BCUT2D eigenvalue weighted by atomic mass is 9.92. The van der Waals surface area contributed by atoms with Gasteiger partial charge in [-0.05, 0) is 71.6 Å². The number of carbonyl (C=O) groups is 6. The van der Waals surface area contributed by atoms with E-state index in [0.29, 0.717) is 42.2 Å². The van der Waals surface area contributed by atoms with Crippen LogP contribution in [0, 0.1) is 17.8 Å². The van der Waals surface area contributed by atoms with Gasteiger partial charge in [0.25, 0.3) is 0 Å². The van der Waals surface area contributed by atoms with Gasteiger partial charge in [0.05, 0.1) is 104 Å². The van der Waals surface area contributed by atoms with Gasteiger partial charge in [-0.15, -0.1) is 0 Å². The number of carbonyl (C=O) groups excluding carboxylic acids is 6. The third kappa shape index (κ3) is 34.6. The maximum absolute atomic E-state index is 13.6. The van der Waals surface area contributed by atoms with Crippen LogP contribution in [0.2, 0.25) is 0 Å². The zero-order valence-corrected chi connectivity index (χ0v) is 59.8. The largest absolute Gasteiger partial charge is 0.474 e. The van der Waals surface area contributed by atoms with Crippen molar-refractivity contribution in [2.75, 3.05) is 112 Å². The van der Waals surface area contributed by atoms with Crippen molar-refractivity contribution in [2.24, 2.45) is 17.8 Å². The molecule has 3 amide bonds. The van der Waals surface area contributed by atoms with Crippen LogP contribution in [0.25, 0.3) is 0 Å². The number of aliphatic hydroxyl groups is 10. The number of hydroxylamine groups is 4. The van der Waals surface area contributed by atoms with E-state index in [1.54, 1.807) is 20.8 Å². The Balaban J connectivity index is 1.49. The molecule has 3 saturated heterocycles. The minimum absolute atomic E-state index is 0.0448. The van der Waals surface area contributed by atoms with Gasteiger partial charge in [0.1, 0.15) is 54.0 Å². The number of ketones is 3. The van der Waals surface area contributed by atoms with Crippen LogP contribution in [0.3, 0.4) is 0 Å². The maximum atomic E-state index is 13.6. The zero-order chi connectivity index (χ0) is 73.7. The minimum atomic E-state index is -5.00. The lowest BCUT2D eigenvalue weighted by Gasteiger charge is -2.40. The van der Waals surface area contributed by atoms with Crippen molar-refractivity contribution in [1.82, 2.24) is 15.0 Å². The van der Waals surface area contributed by atoms with Gasteiger partial charge in [0.2, 0.25) is 17.7 Å². The number of nitrogens with zero attached hydrogens (tertiary/aromatic N) is 3. The summed E-state index contributed by atoms with van der Waals surface area (Å²) in [5.41, 5.74) is 0. The van der Waals surface area contributed by atoms with Gasteiger partial charge in [0.15, 0.2) is 32.5 Å². The fourth-order valence-electron chi connectivity index (χ4n) is 10.6. The molecule has 99 heavy (non-hydrogen) atoms. The van der Waals surface area contributed by atoms with Crippen LogP contribution in [-0.4, -0.2) is 298 Å². The molecule has 3 aliphatic heterocycles. The van der Waals surface area contributed by atoms with Crippen molar-refractivity contribution in [1.29, 1.82) is 0 Å². The highest BCUT2D eigenvalue weighted by Gasteiger charge is 2.45. The molecule has 17 atom stereocenters. The summed E-state index contributed by atoms with van der Waals surface area (Å²) in [6.07, 6.45) is -10.0. The van der Waals surface area contributed by atoms with Gasteiger partial charge in [-0.2, -0.15) is 0 Å². The summed E-state index contributed by atoms with van der Waals surface area (Å²) < 4.78 is 86.7. The van der Waals surface area contributed by atoms with Crippen molar-refractivity contribution in [3.05, 3.63) is 0 Å². The van der Waals surface area contributed by atoms with Crippen LogP contribution in [0.15, 0.2) is 0 Å². The van der Waals surface area contributed by atoms with E-state index in [-0.39, 0.29) is 166 Å². The summed E-state index contributed by atoms with van der Waals surface area (Å²) in [6.45, 7) is 4.32. The van der Waals surface area contributed by atoms with E-state index in [4.69, 9.17) is 60.9 Å². The molecule has 3 rings (SSSR count). The molecule has 578 valence electrons. The number of phosphoric acid groups is 1. The number of Topliss-reactive ketones (excluding diaryl/α,β-unsaturated/α-hetero) is 3. The number of hydrogen-bond acceptors (Lipinski definition) is 31. The Hall–Kier alpha value is -3.08. The number of ether oxygens (including phenoxy) is 7. The third-order valence-electron chi connectivity index (χ3n) is 16.7. The first-order chi connectivity index (χ1) is 47.0. The van der Waals surface area contributed by atoms with Gasteiger partial charge in [-0.3, -0.25) is 46.9 Å². The molecule has 0 aromatic carbocycles. The van der Waals surface area contributed by atoms with Gasteiger partial charge in [-0.25, -0.2) is 24.4 Å². The number of unbranched alkanes of at least 4 members (excludes halogenated alkanes) is 3. The van der Waals surface area contributed by atoms with E-state index >= 15 is 0 Å². The lowest BCUT2D eigenvalue weighted by molar-refractivity contribution is -0.282. The van der Waals surface area contributed by atoms with Gasteiger partial charge >= 0.3 is 15.4 Å². The van der Waals surface area contributed by atoms with Crippen LogP contribution >= 0.6 is 15.4 Å². The smallest absolute Gasteiger partial charge is 0.394 e. The first kappa shape index (κ1) is 90.1. The predicted molar refractivity (Wildman–Crippen MR) is 344 cm³/mol. The Morgan fingerprint density at radius 2 is 0.768 bits per heavy atom. The van der Waals surface area contributed by atoms with E-state index in [9.17, 15) is 93.9 Å². The number of amides is 3. The Morgan fingerprint density at radius 1 is 0.424 bits per heavy atom. The summed E-state index contributed by atoms with van der Waals surface area (Å²) in [4.78, 5) is 101. The second-order valence-electron chi connectivity index (χ2n) is 25.0. The average molecular weight is 1470 g/mol. The fourth-order valence-corrected chi connectivity index (χ4v) is 11.9. The van der Waals surface area contributed by atoms with Crippen molar-refractivity contribution < 1.29 is 155 Å². The molecule has 0 bridgehead atoms. The molecule has 0 spiro atoms. The molecule has 8 unspecified atom stereocenters. The number of aliphatic hydroxyl groups excluding tert-OH is 10. The molecular formula is C62H113N3O32P2. The molecule has 11 N–H and O–H groups in total. The normalized spacial score (nSPS) is 26.9. The summed E-state index contributed by atoms with van der Waals surface area (Å²) in [6, 6.07) is 0. The minimum Gasteiger partial charge on any atom is -0.394 e. The maximum Gasteiger partial charge on any atom is 0.474 e. The molecule has 35 nitrogen and oxygen atoms in total. The molecule has 0 saturated carbocycles. The number of hydrogen-bond donors (Lipinski definition) is 11. The van der Waals surface area contributed by atoms with Crippen molar-refractivity contribution in [2.45, 2.75) is 230 Å². The first-order valence-corrected chi connectivity index (χ1v) is 37.6. The molecule has 3 heterocycles. The van der Waals surface area contributed by atoms with Gasteiger partial charge in [0, 0.05) is 95.3 Å². The summed E-state index contributed by atoms with van der Waals surface area (Å²) in [5.74, 6) is -3.74. The standard InChI is InChI=1S/C62H113N3O32P2/c1-41(2)85-33-26-63(51(73)22-10-7-16-45(70)19-13-30-86-60-42(3)54(76)57(79)48(36-67)95-60)27-34-91-98(6,82)93-39-89-65(53(75)24-12-9-18-47(72)21-15-32-88-62-44(5)56(78)59(81)50(38-69)97-62)28-35-92-99(83,84)94-40-90-64(25-29-66)52(74)23-11-8-17-46(71)20-14-31-87-61-43(4)55(77)58(80)49(37-68)96-61/h41-44,48-50,54-62,66-69,76-81H,7-40H2,1-6H3,(H,83,84)/t42?,43?,44?,48?,49?,50?,54-,55-,56-,57+,58+,59+,60-,61-,62-,98?/m1/s1. The molecule has 0 radical (unpaired) electrons. The quantitative estimate of drug-likeness (QED) is 0.0172. The highest BCUT2D eigenvalue weighted by molar-refractivity contribution is 7.52. The predicted octanol–water partition coefficient (Wildman–Crippen LogP) is 0.662. The van der Waals surface area contributed by atoms with E-state index in [0.717, 1.165) is 6.66 Å². The van der Waals surface area contributed by atoms with Crippen molar-refractivity contribution >= 4 is 50.5 Å². The average Bonchev–Trinajstić information content (AvgIpc) is 0.834. The van der Waals surface area contributed by atoms with E-state index in [2.05, 4.69) is 0 Å². The lowest BCUT2D eigenvalue weighted by Crippen LogP contribution is -2.55. The topological polar surface area (TPSA) is 489 Å². The Kier molecular flexibility index (Phi) is 44.5. The van der Waals surface area contributed by atoms with E-state index in [1.807, 2.05) is 13.8 Å². The third-order valence-corrected chi connectivity index (χ3v) is 18.8. The van der Waals surface area contributed by atoms with Gasteiger partial charge in [-0.1, -0.05) is 20.8 Å². The molecule has 3 fully saturated rings. The van der Waals surface area contributed by atoms with Crippen molar-refractivity contribution in [3.8, 4) is 0 Å². The molecule has 37 heteroatoms. The molecule has 3 aliphatic rings. The first-order valence-electron chi connectivity index (χ1n) is 34.1. The summed E-state index contributed by atoms with van der Waals surface area (Å²) in [5, 5.41) is 100. The fraction of sp³-hybridized carbons (Fsp3) is 0.903. The molecule has 0 aliphatic carbocycles. The molecular weight excluding hydrogens is 1360 g/mol. The van der Waals surface area contributed by atoms with E-state index in [1.165, 1.54) is 4.90 Å². The Morgan fingerprint density at radius 3 is 1.15 bits per heavy atom. The zero-order valence-electron chi connectivity index (χ0n) is 58.0. The molecule has 0 aromatic rings. The monoisotopic (exact) mass is 1470 g/mol. The van der Waals surface area contributed by atoms with Crippen LogP contribution in [0.4, 0.5) is 0 Å². The second kappa shape index (κ2) is 48.8. The number of phosphoric ester groups is 1. The van der Waals surface area contributed by atoms with Gasteiger partial charge < -0.3 is 98.5 Å². The SMILES string of the molecule is CC(C)OCCN(CCOP(C)(=O)OCON(CCOP(=O)(O)OCON(CCO)C(=O)CCCCC(=O)CCCO[C@@H]1OC(CO)[C@H](O)[C@H](O)C1C)C(=O)CCCCC(=O)CCCO[C@@H]1OC(CO)[C@H](O)[C@H](O)C1C)C(=O)CCCCC(=O)CCCO[C@@H]1OC(CO)[C@H](O)[C@H](O)C1C. The highest BCUT2D eigenvalue weighted by atomic mass is 31.2. The van der Waals surface area contributed by atoms with Crippen LogP contribution in [-0.2, 0) is 98.8 Å². The van der Waals surface area contributed by atoms with Crippen molar-refractivity contribution in [3.63, 3.8) is 0 Å². The summed E-state index contributed by atoms with van der Waals surface area (Å²) >= 11 is 0.